The lowest BCUT2D eigenvalue weighted by atomic mass is 10.0. The lowest BCUT2D eigenvalue weighted by Gasteiger charge is -2.21. The van der Waals surface area contributed by atoms with E-state index in [9.17, 15) is 4.39 Å². The maximum absolute atomic E-state index is 13.5. The summed E-state index contributed by atoms with van der Waals surface area (Å²) in [5, 5.41) is 7.04. The van der Waals surface area contributed by atoms with E-state index in [1.54, 1.807) is 6.07 Å². The van der Waals surface area contributed by atoms with Gasteiger partial charge in [-0.05, 0) is 57.4 Å². The van der Waals surface area contributed by atoms with Gasteiger partial charge in [0.1, 0.15) is 11.6 Å². The van der Waals surface area contributed by atoms with Gasteiger partial charge in [-0.25, -0.2) is 4.39 Å². The van der Waals surface area contributed by atoms with Crippen molar-refractivity contribution in [2.75, 3.05) is 33.8 Å². The van der Waals surface area contributed by atoms with Gasteiger partial charge in [-0.3, -0.25) is 0 Å². The zero-order valence-electron chi connectivity index (χ0n) is 12.5. The van der Waals surface area contributed by atoms with E-state index in [2.05, 4.69) is 15.5 Å². The van der Waals surface area contributed by atoms with Gasteiger partial charge in [-0.2, -0.15) is 0 Å². The second-order valence-corrected chi connectivity index (χ2v) is 5.84. The van der Waals surface area contributed by atoms with Gasteiger partial charge < -0.3 is 20.3 Å². The van der Waals surface area contributed by atoms with Gasteiger partial charge in [0.05, 0.1) is 12.6 Å². The Morgan fingerprint density at radius 3 is 3.05 bits per heavy atom. The smallest absolute Gasteiger partial charge is 0.166 e. The van der Waals surface area contributed by atoms with Crippen molar-refractivity contribution < 1.29 is 9.13 Å². The molecule has 2 rings (SSSR count). The Morgan fingerprint density at radius 1 is 1.48 bits per heavy atom. The first kappa shape index (κ1) is 16.0. The number of hydrogen-bond acceptors (Lipinski definition) is 3. The number of halogens is 1. The molecule has 2 N–H and O–H groups in total. The normalized spacial score (nSPS) is 17.6. The van der Waals surface area contributed by atoms with E-state index in [4.69, 9.17) is 17.0 Å². The quantitative estimate of drug-likeness (QED) is 0.833. The summed E-state index contributed by atoms with van der Waals surface area (Å²) in [7, 11) is 4.03. The van der Waals surface area contributed by atoms with Crippen molar-refractivity contribution in [2.24, 2.45) is 0 Å². The predicted molar refractivity (Wildman–Crippen MR) is 86.2 cm³/mol. The Morgan fingerprint density at radius 2 is 2.29 bits per heavy atom. The molecule has 6 heteroatoms. The zero-order valence-corrected chi connectivity index (χ0v) is 13.3. The summed E-state index contributed by atoms with van der Waals surface area (Å²) in [6.45, 7) is 2.33. The first-order valence-electron chi connectivity index (χ1n) is 7.17. The van der Waals surface area contributed by atoms with E-state index in [1.165, 1.54) is 12.1 Å². The van der Waals surface area contributed by atoms with Crippen LogP contribution in [0.2, 0.25) is 0 Å². The summed E-state index contributed by atoms with van der Waals surface area (Å²) >= 11 is 5.32. The van der Waals surface area contributed by atoms with Crippen molar-refractivity contribution >= 4 is 17.3 Å². The molecule has 0 fully saturated rings. The Hall–Kier alpha value is -1.40. The highest BCUT2D eigenvalue weighted by molar-refractivity contribution is 7.80. The van der Waals surface area contributed by atoms with Crippen LogP contribution in [0.3, 0.4) is 0 Å². The van der Waals surface area contributed by atoms with Crippen molar-refractivity contribution in [1.29, 1.82) is 0 Å². The highest BCUT2D eigenvalue weighted by Gasteiger charge is 2.21. The van der Waals surface area contributed by atoms with Crippen molar-refractivity contribution in [2.45, 2.75) is 18.9 Å². The molecule has 0 saturated carbocycles. The number of benzene rings is 1. The third kappa shape index (κ3) is 4.82. The Bertz CT molecular complexity index is 496. The molecule has 0 aliphatic carbocycles. The fourth-order valence-electron chi connectivity index (χ4n) is 2.30. The predicted octanol–water partition coefficient (Wildman–Crippen LogP) is 2.07. The SMILES string of the molecule is CN(C)CCNC(=S)NC1CCCOc2ccc(F)cc21. The molecule has 1 aliphatic rings. The van der Waals surface area contributed by atoms with Crippen molar-refractivity contribution in [1.82, 2.24) is 15.5 Å². The van der Waals surface area contributed by atoms with Gasteiger partial charge in [0, 0.05) is 18.7 Å². The van der Waals surface area contributed by atoms with E-state index in [0.29, 0.717) is 11.7 Å². The van der Waals surface area contributed by atoms with Gasteiger partial charge in [0.15, 0.2) is 5.11 Å². The summed E-state index contributed by atoms with van der Waals surface area (Å²) in [6, 6.07) is 4.63. The van der Waals surface area contributed by atoms with E-state index in [-0.39, 0.29) is 11.9 Å². The number of nitrogens with one attached hydrogen (secondary N) is 2. The van der Waals surface area contributed by atoms with Crippen LogP contribution >= 0.6 is 12.2 Å². The number of hydrogen-bond donors (Lipinski definition) is 2. The monoisotopic (exact) mass is 311 g/mol. The molecule has 1 unspecified atom stereocenters. The molecular weight excluding hydrogens is 289 g/mol. The van der Waals surface area contributed by atoms with Crippen LogP contribution in [0.1, 0.15) is 24.4 Å². The molecule has 0 radical (unpaired) electrons. The molecule has 0 spiro atoms. The van der Waals surface area contributed by atoms with Crippen LogP contribution < -0.4 is 15.4 Å². The van der Waals surface area contributed by atoms with Crippen LogP contribution in [0.5, 0.6) is 5.75 Å². The van der Waals surface area contributed by atoms with Crippen LogP contribution in [0.25, 0.3) is 0 Å². The fourth-order valence-corrected chi connectivity index (χ4v) is 2.54. The molecule has 1 aliphatic heterocycles. The number of nitrogens with zero attached hydrogens (tertiary/aromatic N) is 1. The van der Waals surface area contributed by atoms with Crippen molar-refractivity contribution in [3.8, 4) is 5.75 Å². The highest BCUT2D eigenvalue weighted by Crippen LogP contribution is 2.31. The largest absolute Gasteiger partial charge is 0.493 e. The second-order valence-electron chi connectivity index (χ2n) is 5.43. The summed E-state index contributed by atoms with van der Waals surface area (Å²) in [4.78, 5) is 2.08. The first-order valence-corrected chi connectivity index (χ1v) is 7.58. The van der Waals surface area contributed by atoms with Crippen molar-refractivity contribution in [3.63, 3.8) is 0 Å². The van der Waals surface area contributed by atoms with Gasteiger partial charge in [-0.1, -0.05) is 0 Å². The molecule has 0 amide bonds. The van der Waals surface area contributed by atoms with Crippen molar-refractivity contribution in [3.05, 3.63) is 29.6 Å². The third-order valence-electron chi connectivity index (χ3n) is 3.39. The van der Waals surface area contributed by atoms with Crippen LogP contribution in [-0.4, -0.2) is 43.8 Å². The summed E-state index contributed by atoms with van der Waals surface area (Å²) in [5.74, 6) is 0.486. The Labute approximate surface area is 130 Å². The van der Waals surface area contributed by atoms with Crippen LogP contribution in [0.4, 0.5) is 4.39 Å². The molecule has 4 nitrogen and oxygen atoms in total. The molecule has 1 aromatic carbocycles. The highest BCUT2D eigenvalue weighted by atomic mass is 32.1. The van der Waals surface area contributed by atoms with E-state index in [0.717, 1.165) is 37.2 Å². The average Bonchev–Trinajstić information content (AvgIpc) is 2.61. The number of thiocarbonyl (C=S) groups is 1. The topological polar surface area (TPSA) is 36.5 Å². The van der Waals surface area contributed by atoms with Gasteiger partial charge in [0.25, 0.3) is 0 Å². The lowest BCUT2D eigenvalue weighted by molar-refractivity contribution is 0.315. The van der Waals surface area contributed by atoms with E-state index in [1.807, 2.05) is 14.1 Å². The summed E-state index contributed by atoms with van der Waals surface area (Å²) in [6.07, 6.45) is 1.78. The zero-order chi connectivity index (χ0) is 15.2. The Kier molecular flexibility index (Phi) is 5.76. The summed E-state index contributed by atoms with van der Waals surface area (Å²) < 4.78 is 19.1. The van der Waals surface area contributed by atoms with E-state index < -0.39 is 0 Å². The molecule has 1 aromatic rings. The standard InChI is InChI=1S/C15H22FN3OS/c1-19(2)8-7-17-15(21)18-13-4-3-9-20-14-6-5-11(16)10-12(13)14/h5-6,10,13H,3-4,7-9H2,1-2H3,(H2,17,18,21). The number of likely N-dealkylation sites (N-methyl/N-ethyl adjacent to an activating group) is 1. The Balaban J connectivity index is 1.99. The average molecular weight is 311 g/mol. The molecule has 21 heavy (non-hydrogen) atoms. The molecular formula is C15H22FN3OS. The molecule has 1 heterocycles. The molecule has 0 aromatic heterocycles. The number of rotatable bonds is 4. The van der Waals surface area contributed by atoms with Gasteiger partial charge in [0.2, 0.25) is 0 Å². The van der Waals surface area contributed by atoms with Gasteiger partial charge in [-0.15, -0.1) is 0 Å². The summed E-state index contributed by atoms with van der Waals surface area (Å²) in [5.41, 5.74) is 0.837. The number of ether oxygens (including phenoxy) is 1. The fraction of sp³-hybridized carbons (Fsp3) is 0.533. The maximum atomic E-state index is 13.5. The van der Waals surface area contributed by atoms with Crippen LogP contribution in [-0.2, 0) is 0 Å². The lowest BCUT2D eigenvalue weighted by Crippen LogP contribution is -2.40. The second kappa shape index (κ2) is 7.56. The first-order chi connectivity index (χ1) is 10.1. The number of fused-ring (bicyclic) bond motifs is 1. The minimum absolute atomic E-state index is 0.0162. The van der Waals surface area contributed by atoms with Gasteiger partial charge >= 0.3 is 0 Å². The minimum atomic E-state index is -0.252. The molecule has 1 atom stereocenters. The molecule has 116 valence electrons. The molecule has 0 bridgehead atoms. The van der Waals surface area contributed by atoms with Crippen LogP contribution in [0, 0.1) is 5.82 Å². The van der Waals surface area contributed by atoms with Crippen LogP contribution in [0.15, 0.2) is 18.2 Å². The maximum Gasteiger partial charge on any atom is 0.166 e. The molecule has 0 saturated heterocycles. The minimum Gasteiger partial charge on any atom is -0.493 e. The van der Waals surface area contributed by atoms with E-state index >= 15 is 0 Å². The third-order valence-corrected chi connectivity index (χ3v) is 3.65.